The smallest absolute Gasteiger partial charge is 0.251 e. The van der Waals surface area contributed by atoms with Crippen LogP contribution in [0, 0.1) is 0 Å². The van der Waals surface area contributed by atoms with Gasteiger partial charge in [0.15, 0.2) is 0 Å². The molecule has 0 atom stereocenters. The normalized spacial score (nSPS) is 16.0. The van der Waals surface area contributed by atoms with E-state index in [0.717, 1.165) is 11.6 Å². The van der Waals surface area contributed by atoms with Crippen molar-refractivity contribution in [1.29, 1.82) is 0 Å². The van der Waals surface area contributed by atoms with Gasteiger partial charge in [-0.15, -0.1) is 0 Å². The Balaban J connectivity index is 1.62. The van der Waals surface area contributed by atoms with Crippen LogP contribution in [0.25, 0.3) is 0 Å². The third kappa shape index (κ3) is 4.45. The molecule has 0 amide bonds. The molecule has 0 unspecified atom stereocenters. The van der Waals surface area contributed by atoms with Gasteiger partial charge in [-0.25, -0.2) is 18.7 Å². The SMILES string of the molecule is FC(F)CN1CCN(c2ccnc(Cc3ccccc3)n2)CC1. The lowest BCUT2D eigenvalue weighted by atomic mass is 10.1. The molecule has 0 bridgehead atoms. The molecule has 6 heteroatoms. The van der Waals surface area contributed by atoms with E-state index >= 15 is 0 Å². The molecule has 23 heavy (non-hydrogen) atoms. The van der Waals surface area contributed by atoms with Crippen LogP contribution in [-0.2, 0) is 6.42 Å². The maximum atomic E-state index is 12.4. The molecule has 1 aromatic carbocycles. The molecule has 1 aliphatic rings. The van der Waals surface area contributed by atoms with Crippen molar-refractivity contribution >= 4 is 5.82 Å². The Bertz CT molecular complexity index is 613. The van der Waals surface area contributed by atoms with Crippen LogP contribution < -0.4 is 4.90 Å². The molecular weight excluding hydrogens is 298 g/mol. The van der Waals surface area contributed by atoms with E-state index in [1.54, 1.807) is 11.1 Å². The molecule has 0 radical (unpaired) electrons. The summed E-state index contributed by atoms with van der Waals surface area (Å²) in [6.07, 6.45) is 0.199. The molecule has 0 aliphatic carbocycles. The fraction of sp³-hybridized carbons (Fsp3) is 0.412. The number of rotatable bonds is 5. The van der Waals surface area contributed by atoms with Crippen LogP contribution in [0.4, 0.5) is 14.6 Å². The zero-order chi connectivity index (χ0) is 16.1. The number of benzene rings is 1. The summed E-state index contributed by atoms with van der Waals surface area (Å²) in [5.41, 5.74) is 1.17. The third-order valence-electron chi connectivity index (χ3n) is 3.99. The summed E-state index contributed by atoms with van der Waals surface area (Å²) in [7, 11) is 0. The van der Waals surface area contributed by atoms with Gasteiger partial charge in [0.1, 0.15) is 11.6 Å². The fourth-order valence-electron chi connectivity index (χ4n) is 2.78. The summed E-state index contributed by atoms with van der Waals surface area (Å²) in [6, 6.07) is 12.0. The number of alkyl halides is 2. The number of piperazine rings is 1. The van der Waals surface area contributed by atoms with Crippen LogP contribution in [-0.4, -0.2) is 54.0 Å². The molecule has 1 saturated heterocycles. The Kier molecular flexibility index (Phi) is 5.12. The number of hydrogen-bond donors (Lipinski definition) is 0. The lowest BCUT2D eigenvalue weighted by molar-refractivity contribution is 0.0853. The van der Waals surface area contributed by atoms with Gasteiger partial charge in [-0.05, 0) is 11.6 Å². The van der Waals surface area contributed by atoms with Crippen molar-refractivity contribution in [3.63, 3.8) is 0 Å². The van der Waals surface area contributed by atoms with Crippen molar-refractivity contribution in [2.75, 3.05) is 37.6 Å². The van der Waals surface area contributed by atoms with Crippen LogP contribution in [0.1, 0.15) is 11.4 Å². The van der Waals surface area contributed by atoms with Gasteiger partial charge in [0, 0.05) is 38.8 Å². The van der Waals surface area contributed by atoms with E-state index in [9.17, 15) is 8.78 Å². The molecule has 2 aromatic rings. The molecule has 0 spiro atoms. The zero-order valence-electron chi connectivity index (χ0n) is 12.9. The van der Waals surface area contributed by atoms with E-state index in [1.165, 1.54) is 5.56 Å². The molecule has 1 fully saturated rings. The summed E-state index contributed by atoms with van der Waals surface area (Å²) in [4.78, 5) is 12.9. The monoisotopic (exact) mass is 318 g/mol. The molecular formula is C17H20F2N4. The average molecular weight is 318 g/mol. The van der Waals surface area contributed by atoms with Gasteiger partial charge < -0.3 is 4.90 Å². The van der Waals surface area contributed by atoms with Crippen molar-refractivity contribution < 1.29 is 8.78 Å². The minimum atomic E-state index is -2.27. The van der Waals surface area contributed by atoms with Crippen molar-refractivity contribution in [3.8, 4) is 0 Å². The average Bonchev–Trinajstić information content (AvgIpc) is 2.56. The molecule has 0 N–H and O–H groups in total. The number of anilines is 1. The highest BCUT2D eigenvalue weighted by atomic mass is 19.3. The van der Waals surface area contributed by atoms with E-state index in [4.69, 9.17) is 0 Å². The van der Waals surface area contributed by atoms with E-state index in [2.05, 4.69) is 27.0 Å². The predicted octanol–water partition coefficient (Wildman–Crippen LogP) is 2.45. The van der Waals surface area contributed by atoms with Crippen LogP contribution in [0.5, 0.6) is 0 Å². The van der Waals surface area contributed by atoms with E-state index in [-0.39, 0.29) is 6.54 Å². The zero-order valence-corrected chi connectivity index (χ0v) is 12.9. The topological polar surface area (TPSA) is 32.3 Å². The van der Waals surface area contributed by atoms with E-state index in [0.29, 0.717) is 32.6 Å². The Morgan fingerprint density at radius 2 is 1.74 bits per heavy atom. The number of halogens is 2. The largest absolute Gasteiger partial charge is 0.354 e. The first-order chi connectivity index (χ1) is 11.2. The summed E-state index contributed by atoms with van der Waals surface area (Å²) in [5.74, 6) is 1.66. The van der Waals surface area contributed by atoms with Crippen LogP contribution in [0.3, 0.4) is 0 Å². The minimum absolute atomic E-state index is 0.142. The number of hydrogen-bond acceptors (Lipinski definition) is 4. The first-order valence-corrected chi connectivity index (χ1v) is 7.82. The highest BCUT2D eigenvalue weighted by molar-refractivity contribution is 5.38. The van der Waals surface area contributed by atoms with Crippen LogP contribution in [0.15, 0.2) is 42.6 Å². The highest BCUT2D eigenvalue weighted by Gasteiger charge is 2.20. The van der Waals surface area contributed by atoms with Gasteiger partial charge in [0.2, 0.25) is 0 Å². The molecule has 4 nitrogen and oxygen atoms in total. The molecule has 1 aromatic heterocycles. The number of nitrogens with zero attached hydrogens (tertiary/aromatic N) is 4. The highest BCUT2D eigenvalue weighted by Crippen LogP contribution is 2.15. The molecule has 122 valence electrons. The summed E-state index contributed by atoms with van der Waals surface area (Å²) in [6.45, 7) is 2.57. The lowest BCUT2D eigenvalue weighted by Crippen LogP contribution is -2.48. The summed E-state index contributed by atoms with van der Waals surface area (Å²) < 4.78 is 24.8. The van der Waals surface area contributed by atoms with Crippen molar-refractivity contribution in [2.45, 2.75) is 12.8 Å². The molecule has 2 heterocycles. The first kappa shape index (κ1) is 15.8. The molecule has 1 aliphatic heterocycles. The second-order valence-electron chi connectivity index (χ2n) is 5.67. The maximum Gasteiger partial charge on any atom is 0.251 e. The standard InChI is InChI=1S/C17H20F2N4/c18-15(19)13-22-8-10-23(11-9-22)17-6-7-20-16(21-17)12-14-4-2-1-3-5-14/h1-7,15H,8-13H2. The van der Waals surface area contributed by atoms with Crippen molar-refractivity contribution in [2.24, 2.45) is 0 Å². The Morgan fingerprint density at radius 3 is 2.43 bits per heavy atom. The van der Waals surface area contributed by atoms with Crippen molar-refractivity contribution in [1.82, 2.24) is 14.9 Å². The van der Waals surface area contributed by atoms with Crippen LogP contribution >= 0.6 is 0 Å². The van der Waals surface area contributed by atoms with Crippen molar-refractivity contribution in [3.05, 3.63) is 54.0 Å². The second kappa shape index (κ2) is 7.46. The Labute approximate surface area is 134 Å². The van der Waals surface area contributed by atoms with Gasteiger partial charge in [0.25, 0.3) is 6.43 Å². The third-order valence-corrected chi connectivity index (χ3v) is 3.99. The molecule has 0 saturated carbocycles. The first-order valence-electron chi connectivity index (χ1n) is 7.82. The maximum absolute atomic E-state index is 12.4. The Morgan fingerprint density at radius 1 is 1.00 bits per heavy atom. The summed E-state index contributed by atoms with van der Waals surface area (Å²) in [5, 5.41) is 0. The predicted molar refractivity (Wildman–Crippen MR) is 85.9 cm³/mol. The van der Waals surface area contributed by atoms with Gasteiger partial charge >= 0.3 is 0 Å². The van der Waals surface area contributed by atoms with Crippen LogP contribution in [0.2, 0.25) is 0 Å². The lowest BCUT2D eigenvalue weighted by Gasteiger charge is -2.35. The quantitative estimate of drug-likeness (QED) is 0.848. The fourth-order valence-corrected chi connectivity index (χ4v) is 2.78. The summed E-state index contributed by atoms with van der Waals surface area (Å²) >= 11 is 0. The van der Waals surface area contributed by atoms with E-state index < -0.39 is 6.43 Å². The van der Waals surface area contributed by atoms with Gasteiger partial charge in [-0.2, -0.15) is 0 Å². The van der Waals surface area contributed by atoms with Gasteiger partial charge in [-0.1, -0.05) is 30.3 Å². The number of aromatic nitrogens is 2. The van der Waals surface area contributed by atoms with Gasteiger partial charge in [-0.3, -0.25) is 4.90 Å². The second-order valence-corrected chi connectivity index (χ2v) is 5.67. The van der Waals surface area contributed by atoms with E-state index in [1.807, 2.05) is 24.3 Å². The minimum Gasteiger partial charge on any atom is -0.354 e. The molecule has 3 rings (SSSR count). The van der Waals surface area contributed by atoms with Gasteiger partial charge in [0.05, 0.1) is 6.54 Å². The Hall–Kier alpha value is -2.08.